The standard InChI is InChI=1S/C21H22F2N2O6S/c1-3-5-30-20(28)13-9-16(15(23)10-14(13)22)24-19(27)17-7-12(8-18(26)32)11-25(17)21(29)31-6-4-2/h3-4,9-10,12,17H,1-2,5-8,11H2,(H,24,27)(H,26,32)/t12-,17-/m0/s1. The lowest BCUT2D eigenvalue weighted by Gasteiger charge is -2.23. The Morgan fingerprint density at radius 1 is 1.12 bits per heavy atom. The first-order chi connectivity index (χ1) is 15.2. The molecule has 0 aliphatic carbocycles. The van der Waals surface area contributed by atoms with Crippen molar-refractivity contribution in [2.45, 2.75) is 18.9 Å². The molecule has 32 heavy (non-hydrogen) atoms. The minimum absolute atomic E-state index is 0.0162. The van der Waals surface area contributed by atoms with Crippen LogP contribution in [0.4, 0.5) is 19.3 Å². The van der Waals surface area contributed by atoms with Gasteiger partial charge in [0, 0.05) is 19.0 Å². The fourth-order valence-corrected chi connectivity index (χ4v) is 3.47. The number of anilines is 1. The number of thiol groups is 1. The number of rotatable bonds is 9. The Morgan fingerprint density at radius 3 is 2.41 bits per heavy atom. The van der Waals surface area contributed by atoms with Crippen molar-refractivity contribution in [2.75, 3.05) is 25.1 Å². The normalized spacial score (nSPS) is 17.4. The van der Waals surface area contributed by atoms with Crippen molar-refractivity contribution in [3.63, 3.8) is 0 Å². The largest absolute Gasteiger partial charge is 0.458 e. The minimum Gasteiger partial charge on any atom is -0.458 e. The number of ether oxygens (including phenoxy) is 2. The van der Waals surface area contributed by atoms with E-state index in [0.717, 1.165) is 11.0 Å². The number of carbonyl (C=O) groups is 4. The molecule has 0 aromatic heterocycles. The summed E-state index contributed by atoms with van der Waals surface area (Å²) < 4.78 is 38.0. The van der Waals surface area contributed by atoms with E-state index in [1.165, 1.54) is 12.2 Å². The van der Waals surface area contributed by atoms with Crippen LogP contribution < -0.4 is 5.32 Å². The third-order valence-electron chi connectivity index (χ3n) is 4.58. The molecule has 1 saturated heterocycles. The summed E-state index contributed by atoms with van der Waals surface area (Å²) in [6, 6.07) is 0.149. The molecule has 0 saturated carbocycles. The highest BCUT2D eigenvalue weighted by molar-refractivity contribution is 7.96. The lowest BCUT2D eigenvalue weighted by molar-refractivity contribution is -0.120. The van der Waals surface area contributed by atoms with Gasteiger partial charge in [0.25, 0.3) is 0 Å². The lowest BCUT2D eigenvalue weighted by Crippen LogP contribution is -2.43. The van der Waals surface area contributed by atoms with Crippen LogP contribution in [-0.2, 0) is 19.1 Å². The summed E-state index contributed by atoms with van der Waals surface area (Å²) >= 11 is 3.73. The van der Waals surface area contributed by atoms with Gasteiger partial charge in [-0.1, -0.05) is 25.3 Å². The third-order valence-corrected chi connectivity index (χ3v) is 4.76. The molecule has 11 heteroatoms. The van der Waals surface area contributed by atoms with E-state index in [9.17, 15) is 28.0 Å². The van der Waals surface area contributed by atoms with Crippen molar-refractivity contribution in [2.24, 2.45) is 5.92 Å². The molecule has 1 aliphatic rings. The number of hydrogen-bond acceptors (Lipinski definition) is 6. The van der Waals surface area contributed by atoms with E-state index in [4.69, 9.17) is 9.47 Å². The lowest BCUT2D eigenvalue weighted by atomic mass is 10.0. The molecule has 1 fully saturated rings. The highest BCUT2D eigenvalue weighted by atomic mass is 32.1. The van der Waals surface area contributed by atoms with Crippen LogP contribution in [0.15, 0.2) is 37.4 Å². The molecule has 2 atom stereocenters. The fourth-order valence-electron chi connectivity index (χ4n) is 3.21. The molecular weight excluding hydrogens is 446 g/mol. The number of amides is 2. The minimum atomic E-state index is -1.17. The molecule has 8 nitrogen and oxygen atoms in total. The average Bonchev–Trinajstić information content (AvgIpc) is 3.15. The maximum absolute atomic E-state index is 14.3. The molecule has 2 rings (SSSR count). The zero-order chi connectivity index (χ0) is 23.8. The molecule has 1 aromatic carbocycles. The quantitative estimate of drug-likeness (QED) is 0.328. The number of likely N-dealkylation sites (tertiary alicyclic amines) is 1. The summed E-state index contributed by atoms with van der Waals surface area (Å²) in [6.07, 6.45) is 1.92. The van der Waals surface area contributed by atoms with Gasteiger partial charge in [-0.25, -0.2) is 18.4 Å². The van der Waals surface area contributed by atoms with Crippen molar-refractivity contribution in [3.8, 4) is 0 Å². The molecule has 172 valence electrons. The Bertz CT molecular complexity index is 939. The first kappa shape index (κ1) is 25.1. The zero-order valence-corrected chi connectivity index (χ0v) is 17.9. The number of esters is 1. The highest BCUT2D eigenvalue weighted by Gasteiger charge is 2.41. The molecule has 0 bridgehead atoms. The maximum Gasteiger partial charge on any atom is 0.410 e. The van der Waals surface area contributed by atoms with Gasteiger partial charge in [0.05, 0.1) is 11.3 Å². The van der Waals surface area contributed by atoms with E-state index in [0.29, 0.717) is 6.07 Å². The predicted octanol–water partition coefficient (Wildman–Crippen LogP) is 3.11. The van der Waals surface area contributed by atoms with E-state index >= 15 is 0 Å². The second-order valence-electron chi connectivity index (χ2n) is 6.92. The average molecular weight is 468 g/mol. The van der Waals surface area contributed by atoms with Gasteiger partial charge < -0.3 is 14.8 Å². The first-order valence-electron chi connectivity index (χ1n) is 9.51. The number of benzene rings is 1. The number of hydrogen-bond donors (Lipinski definition) is 2. The second kappa shape index (κ2) is 11.4. The van der Waals surface area contributed by atoms with E-state index in [2.05, 4.69) is 31.1 Å². The summed E-state index contributed by atoms with van der Waals surface area (Å²) in [5.41, 5.74) is -1.06. The van der Waals surface area contributed by atoms with Crippen molar-refractivity contribution in [3.05, 3.63) is 54.6 Å². The molecule has 1 aliphatic heterocycles. The highest BCUT2D eigenvalue weighted by Crippen LogP contribution is 2.29. The van der Waals surface area contributed by atoms with Crippen molar-refractivity contribution in [1.82, 2.24) is 4.90 Å². The van der Waals surface area contributed by atoms with Gasteiger partial charge in [0.2, 0.25) is 5.91 Å². The predicted molar refractivity (Wildman–Crippen MR) is 114 cm³/mol. The summed E-state index contributed by atoms with van der Waals surface area (Å²) in [5, 5.41) is 1.85. The molecule has 1 aromatic rings. The van der Waals surface area contributed by atoms with E-state index in [1.807, 2.05) is 0 Å². The van der Waals surface area contributed by atoms with Gasteiger partial charge in [-0.05, 0) is 18.4 Å². The van der Waals surface area contributed by atoms with E-state index < -0.39 is 52.0 Å². The van der Waals surface area contributed by atoms with Gasteiger partial charge in [0.15, 0.2) is 5.12 Å². The maximum atomic E-state index is 14.3. The van der Waals surface area contributed by atoms with Crippen LogP contribution in [-0.4, -0.2) is 53.8 Å². The van der Waals surface area contributed by atoms with Gasteiger partial charge in [-0.2, -0.15) is 0 Å². The van der Waals surface area contributed by atoms with Crippen LogP contribution in [0.2, 0.25) is 0 Å². The molecule has 2 amide bonds. The Morgan fingerprint density at radius 2 is 1.78 bits per heavy atom. The number of nitrogens with zero attached hydrogens (tertiary/aromatic N) is 1. The number of carbonyl (C=O) groups excluding carboxylic acids is 4. The Labute approximate surface area is 188 Å². The molecule has 0 radical (unpaired) electrons. The fraction of sp³-hybridized carbons (Fsp3) is 0.333. The van der Waals surface area contributed by atoms with E-state index in [1.54, 1.807) is 0 Å². The summed E-state index contributed by atoms with van der Waals surface area (Å²) in [7, 11) is 0. The Hall–Kier alpha value is -3.21. The molecule has 1 N–H and O–H groups in total. The van der Waals surface area contributed by atoms with E-state index in [-0.39, 0.29) is 38.5 Å². The molecule has 0 unspecified atom stereocenters. The van der Waals surface area contributed by atoms with Crippen molar-refractivity contribution < 1.29 is 37.4 Å². The van der Waals surface area contributed by atoms with Crippen LogP contribution in [0, 0.1) is 17.6 Å². The summed E-state index contributed by atoms with van der Waals surface area (Å²) in [4.78, 5) is 49.6. The zero-order valence-electron chi connectivity index (χ0n) is 17.0. The summed E-state index contributed by atoms with van der Waals surface area (Å²) in [6.45, 7) is 6.57. The van der Waals surface area contributed by atoms with Crippen LogP contribution >= 0.6 is 12.6 Å². The summed E-state index contributed by atoms with van der Waals surface area (Å²) in [5.74, 6) is -4.53. The monoisotopic (exact) mass is 468 g/mol. The SMILES string of the molecule is C=CCOC(=O)c1cc(NC(=O)[C@@H]2C[C@@H](CC(=O)S)CN2C(=O)OCC=C)c(F)cc1F. The third kappa shape index (κ3) is 6.39. The molecule has 0 spiro atoms. The van der Waals surface area contributed by atoms with Crippen LogP contribution in [0.25, 0.3) is 0 Å². The van der Waals surface area contributed by atoms with Crippen LogP contribution in [0.5, 0.6) is 0 Å². The van der Waals surface area contributed by atoms with Gasteiger partial charge in [-0.15, -0.1) is 12.6 Å². The van der Waals surface area contributed by atoms with Crippen LogP contribution in [0.3, 0.4) is 0 Å². The topological polar surface area (TPSA) is 102 Å². The molecular formula is C21H22F2N2O6S. The van der Waals surface area contributed by atoms with Gasteiger partial charge in [0.1, 0.15) is 30.9 Å². The van der Waals surface area contributed by atoms with Gasteiger partial charge >= 0.3 is 12.1 Å². The van der Waals surface area contributed by atoms with Gasteiger partial charge in [-0.3, -0.25) is 14.5 Å². The second-order valence-corrected chi connectivity index (χ2v) is 7.42. The Kier molecular flexibility index (Phi) is 8.94. The molecule has 1 heterocycles. The van der Waals surface area contributed by atoms with Crippen molar-refractivity contribution >= 4 is 41.4 Å². The van der Waals surface area contributed by atoms with Crippen LogP contribution in [0.1, 0.15) is 23.2 Å². The smallest absolute Gasteiger partial charge is 0.410 e. The first-order valence-corrected chi connectivity index (χ1v) is 9.96. The number of halogens is 2. The Balaban J connectivity index is 2.24. The number of nitrogens with one attached hydrogen (secondary N) is 1. The van der Waals surface area contributed by atoms with Crippen molar-refractivity contribution in [1.29, 1.82) is 0 Å².